The molecule has 0 radical (unpaired) electrons. The van der Waals surface area contributed by atoms with Gasteiger partial charge in [0.05, 0.1) is 5.57 Å². The minimum atomic E-state index is -0.168. The van der Waals surface area contributed by atoms with E-state index in [0.717, 1.165) is 0 Å². The van der Waals surface area contributed by atoms with E-state index < -0.39 is 0 Å². The molecule has 0 aromatic rings. The third kappa shape index (κ3) is 2.69. The first kappa shape index (κ1) is 12.4. The predicted molar refractivity (Wildman–Crippen MR) is 60.7 cm³/mol. The van der Waals surface area contributed by atoms with Gasteiger partial charge in [0.2, 0.25) is 0 Å². The molecule has 0 unspecified atom stereocenters. The zero-order valence-electron chi connectivity index (χ0n) is 9.69. The molecule has 0 atom stereocenters. The lowest BCUT2D eigenvalue weighted by Crippen LogP contribution is -2.29. The highest BCUT2D eigenvalue weighted by molar-refractivity contribution is 6.37. The van der Waals surface area contributed by atoms with Crippen LogP contribution in [0, 0.1) is 11.3 Å². The summed E-state index contributed by atoms with van der Waals surface area (Å²) < 4.78 is 0. The van der Waals surface area contributed by atoms with Gasteiger partial charge >= 0.3 is 0 Å². The fourth-order valence-electron chi connectivity index (χ4n) is 1.81. The van der Waals surface area contributed by atoms with Crippen molar-refractivity contribution in [3.63, 3.8) is 0 Å². The van der Waals surface area contributed by atoms with Crippen molar-refractivity contribution >= 4 is 23.2 Å². The summed E-state index contributed by atoms with van der Waals surface area (Å²) in [5, 5.41) is 0.440. The average molecular weight is 229 g/mol. The lowest BCUT2D eigenvalue weighted by Gasteiger charge is -2.29. The Morgan fingerprint density at radius 3 is 2.27 bits per heavy atom. The summed E-state index contributed by atoms with van der Waals surface area (Å²) in [7, 11) is 0. The first-order valence-corrected chi connectivity index (χ1v) is 5.58. The molecule has 0 bridgehead atoms. The molecule has 0 amide bonds. The van der Waals surface area contributed by atoms with Crippen LogP contribution in [0.1, 0.15) is 40.5 Å². The minimum absolute atomic E-state index is 0.102. The van der Waals surface area contributed by atoms with Gasteiger partial charge in [0.15, 0.2) is 11.6 Å². The Morgan fingerprint density at radius 2 is 1.87 bits per heavy atom. The molecule has 3 heteroatoms. The Kier molecular flexibility index (Phi) is 3.39. The number of ketones is 2. The van der Waals surface area contributed by atoms with Gasteiger partial charge in [0.25, 0.3) is 0 Å². The number of hydrogen-bond donors (Lipinski definition) is 0. The Balaban J connectivity index is 3.08. The van der Waals surface area contributed by atoms with E-state index >= 15 is 0 Å². The van der Waals surface area contributed by atoms with E-state index in [1.165, 1.54) is 0 Å². The summed E-state index contributed by atoms with van der Waals surface area (Å²) in [6.07, 6.45) is 1.03. The predicted octanol–water partition coefficient (Wildman–Crippen LogP) is 3.09. The van der Waals surface area contributed by atoms with Crippen molar-refractivity contribution in [3.05, 3.63) is 10.6 Å². The zero-order valence-corrected chi connectivity index (χ0v) is 10.4. The second kappa shape index (κ2) is 4.09. The fourth-order valence-corrected chi connectivity index (χ4v) is 2.37. The van der Waals surface area contributed by atoms with E-state index in [0.29, 0.717) is 17.9 Å². The molecular formula is C12H17ClO2. The van der Waals surface area contributed by atoms with Gasteiger partial charge in [-0.25, -0.2) is 0 Å². The van der Waals surface area contributed by atoms with Gasteiger partial charge in [0, 0.05) is 17.4 Å². The number of carbonyl (C=O) groups is 2. The van der Waals surface area contributed by atoms with Gasteiger partial charge in [-0.1, -0.05) is 39.3 Å². The third-order valence-corrected chi connectivity index (χ3v) is 2.92. The van der Waals surface area contributed by atoms with Crippen molar-refractivity contribution in [2.75, 3.05) is 0 Å². The molecule has 0 saturated heterocycles. The van der Waals surface area contributed by atoms with Crippen molar-refractivity contribution < 1.29 is 9.59 Å². The van der Waals surface area contributed by atoms with Crippen LogP contribution < -0.4 is 0 Å². The molecule has 0 saturated carbocycles. The van der Waals surface area contributed by atoms with Crippen LogP contribution in [0.2, 0.25) is 0 Å². The van der Waals surface area contributed by atoms with Gasteiger partial charge in [-0.3, -0.25) is 9.59 Å². The Morgan fingerprint density at radius 1 is 1.33 bits per heavy atom. The van der Waals surface area contributed by atoms with Crippen molar-refractivity contribution in [1.82, 2.24) is 0 Å². The van der Waals surface area contributed by atoms with Crippen LogP contribution in [-0.4, -0.2) is 11.6 Å². The maximum Gasteiger partial charge on any atom is 0.170 e. The summed E-state index contributed by atoms with van der Waals surface area (Å²) in [5.41, 5.74) is 0.126. The van der Waals surface area contributed by atoms with Crippen LogP contribution in [-0.2, 0) is 9.59 Å². The van der Waals surface area contributed by atoms with Crippen molar-refractivity contribution in [1.29, 1.82) is 0 Å². The summed E-state index contributed by atoms with van der Waals surface area (Å²) in [5.74, 6) is -0.394. The van der Waals surface area contributed by atoms with E-state index in [2.05, 4.69) is 0 Å². The molecule has 0 heterocycles. The average Bonchev–Trinajstić information content (AvgIpc) is 1.99. The van der Waals surface area contributed by atoms with E-state index in [1.807, 2.05) is 13.8 Å². The van der Waals surface area contributed by atoms with Gasteiger partial charge in [-0.2, -0.15) is 0 Å². The van der Waals surface area contributed by atoms with E-state index in [1.54, 1.807) is 13.8 Å². The highest BCUT2D eigenvalue weighted by atomic mass is 35.5. The van der Waals surface area contributed by atoms with Crippen molar-refractivity contribution in [3.8, 4) is 0 Å². The van der Waals surface area contributed by atoms with Crippen LogP contribution in [0.25, 0.3) is 0 Å². The lowest BCUT2D eigenvalue weighted by atomic mass is 9.75. The van der Waals surface area contributed by atoms with Gasteiger partial charge in [-0.15, -0.1) is 0 Å². The van der Waals surface area contributed by atoms with Crippen LogP contribution in [0.5, 0.6) is 0 Å². The summed E-state index contributed by atoms with van der Waals surface area (Å²) in [4.78, 5) is 23.6. The SMILES string of the molecule is CC(C)C(=O)C1=C(Cl)CC(C)(C)CC1=O. The van der Waals surface area contributed by atoms with E-state index in [9.17, 15) is 9.59 Å². The number of Topliss-reactive ketones (excluding diaryl/α,β-unsaturated/α-hetero) is 2. The molecular weight excluding hydrogens is 212 g/mol. The molecule has 1 aliphatic rings. The number of halogens is 1. The Labute approximate surface area is 95.7 Å². The van der Waals surface area contributed by atoms with Crippen LogP contribution >= 0.6 is 11.6 Å². The van der Waals surface area contributed by atoms with Gasteiger partial charge in [-0.05, 0) is 11.8 Å². The molecule has 84 valence electrons. The van der Waals surface area contributed by atoms with Gasteiger partial charge in [0.1, 0.15) is 0 Å². The maximum absolute atomic E-state index is 11.8. The molecule has 0 aliphatic heterocycles. The Bertz CT molecular complexity index is 338. The molecule has 0 aromatic carbocycles. The van der Waals surface area contributed by atoms with Crippen LogP contribution in [0.4, 0.5) is 0 Å². The van der Waals surface area contributed by atoms with Crippen LogP contribution in [0.3, 0.4) is 0 Å². The molecule has 0 N–H and O–H groups in total. The molecule has 1 rings (SSSR count). The number of hydrogen-bond acceptors (Lipinski definition) is 2. The number of carbonyl (C=O) groups excluding carboxylic acids is 2. The number of allylic oxidation sites excluding steroid dienone is 2. The first-order chi connectivity index (χ1) is 6.74. The van der Waals surface area contributed by atoms with Crippen molar-refractivity contribution in [2.45, 2.75) is 40.5 Å². The third-order valence-electron chi connectivity index (χ3n) is 2.59. The second-order valence-electron chi connectivity index (χ2n) is 5.24. The summed E-state index contributed by atoms with van der Waals surface area (Å²) >= 11 is 6.04. The highest BCUT2D eigenvalue weighted by Gasteiger charge is 2.35. The topological polar surface area (TPSA) is 34.1 Å². The molecule has 0 spiro atoms. The molecule has 1 aliphatic carbocycles. The molecule has 15 heavy (non-hydrogen) atoms. The lowest BCUT2D eigenvalue weighted by molar-refractivity contribution is -0.124. The Hall–Kier alpha value is -0.630. The standard InChI is InChI=1S/C12H17ClO2/c1-7(2)11(15)10-8(13)5-12(3,4)6-9(10)14/h7H,5-6H2,1-4H3. The summed E-state index contributed by atoms with van der Waals surface area (Å²) in [6, 6.07) is 0. The van der Waals surface area contributed by atoms with E-state index in [-0.39, 0.29) is 28.5 Å². The monoisotopic (exact) mass is 228 g/mol. The summed E-state index contributed by atoms with van der Waals surface area (Å²) in [6.45, 7) is 7.55. The zero-order chi connectivity index (χ0) is 11.8. The fraction of sp³-hybridized carbons (Fsp3) is 0.667. The minimum Gasteiger partial charge on any atom is -0.294 e. The second-order valence-corrected chi connectivity index (χ2v) is 5.70. The molecule has 2 nitrogen and oxygen atoms in total. The van der Waals surface area contributed by atoms with Crippen molar-refractivity contribution in [2.24, 2.45) is 11.3 Å². The smallest absolute Gasteiger partial charge is 0.170 e. The van der Waals surface area contributed by atoms with Crippen LogP contribution in [0.15, 0.2) is 10.6 Å². The molecule has 0 aromatic heterocycles. The normalized spacial score (nSPS) is 21.1. The first-order valence-electron chi connectivity index (χ1n) is 5.20. The van der Waals surface area contributed by atoms with Gasteiger partial charge < -0.3 is 0 Å². The number of rotatable bonds is 2. The van der Waals surface area contributed by atoms with E-state index in [4.69, 9.17) is 11.6 Å². The highest BCUT2D eigenvalue weighted by Crippen LogP contribution is 2.39. The largest absolute Gasteiger partial charge is 0.294 e. The maximum atomic E-state index is 11.8. The quantitative estimate of drug-likeness (QED) is 0.681. The molecule has 0 fully saturated rings.